The van der Waals surface area contributed by atoms with Crippen LogP contribution in [0.1, 0.15) is 17.9 Å². The van der Waals surface area contributed by atoms with Gasteiger partial charge in [0.1, 0.15) is 11.3 Å². The first-order valence-electron chi connectivity index (χ1n) is 6.66. The first kappa shape index (κ1) is 14.0. The topological polar surface area (TPSA) is 63.3 Å². The summed E-state index contributed by atoms with van der Waals surface area (Å²) in [6, 6.07) is 13.1. The molecule has 0 unspecified atom stereocenters. The number of rotatable bonds is 4. The first-order chi connectivity index (χ1) is 10.6. The van der Waals surface area contributed by atoms with Gasteiger partial charge in [0.25, 0.3) is 0 Å². The van der Waals surface area contributed by atoms with Crippen LogP contribution in [-0.4, -0.2) is 16.1 Å². The Balaban J connectivity index is 2.07. The third-order valence-corrected chi connectivity index (χ3v) is 3.10. The molecule has 0 saturated carbocycles. The molecule has 3 aromatic rings. The average molecular weight is 297 g/mol. The number of aliphatic carboxylic acids is 1. The molecule has 0 radical (unpaired) electrons. The third kappa shape index (κ3) is 3.03. The summed E-state index contributed by atoms with van der Waals surface area (Å²) in [6.45, 7) is 0. The van der Waals surface area contributed by atoms with Gasteiger partial charge in [0.15, 0.2) is 5.58 Å². The number of aromatic nitrogens is 1. The highest BCUT2D eigenvalue weighted by Crippen LogP contribution is 2.25. The molecule has 0 spiro atoms. The minimum atomic E-state index is -1.01. The van der Waals surface area contributed by atoms with E-state index >= 15 is 0 Å². The van der Waals surface area contributed by atoms with Crippen LogP contribution in [0.4, 0.5) is 4.39 Å². The number of halogens is 1. The highest BCUT2D eigenvalue weighted by atomic mass is 19.1. The van der Waals surface area contributed by atoms with Gasteiger partial charge in [0, 0.05) is 5.57 Å². The van der Waals surface area contributed by atoms with E-state index in [0.29, 0.717) is 22.2 Å². The number of nitrogens with zero attached hydrogens (tertiary/aromatic N) is 1. The minimum Gasteiger partial charge on any atom is -0.481 e. The number of carboxylic acid groups (broad SMARTS) is 1. The quantitative estimate of drug-likeness (QED) is 0.791. The van der Waals surface area contributed by atoms with Gasteiger partial charge < -0.3 is 9.52 Å². The standard InChI is InChI=1S/C17H12FNO3/c18-13-5-3-4-11(9-13)8-12(10-16(20)21)17-19-14-6-1-2-7-15(14)22-17/h1-9H,10H2,(H,20,21)/b12-8-. The van der Waals surface area contributed by atoms with Crippen molar-refractivity contribution in [1.82, 2.24) is 4.98 Å². The summed E-state index contributed by atoms with van der Waals surface area (Å²) in [6.07, 6.45) is 1.31. The molecule has 0 amide bonds. The van der Waals surface area contributed by atoms with Crippen LogP contribution in [0.5, 0.6) is 0 Å². The maximum atomic E-state index is 13.3. The van der Waals surface area contributed by atoms with Crippen LogP contribution in [0.15, 0.2) is 52.9 Å². The van der Waals surface area contributed by atoms with Gasteiger partial charge in [-0.2, -0.15) is 0 Å². The Kier molecular flexibility index (Phi) is 3.70. The van der Waals surface area contributed by atoms with Crippen molar-refractivity contribution in [3.05, 3.63) is 65.8 Å². The monoisotopic (exact) mass is 297 g/mol. The Morgan fingerprint density at radius 1 is 1.23 bits per heavy atom. The van der Waals surface area contributed by atoms with Crippen molar-refractivity contribution < 1.29 is 18.7 Å². The molecule has 4 nitrogen and oxygen atoms in total. The SMILES string of the molecule is O=C(O)C/C(=C/c1cccc(F)c1)c1nc2ccccc2o1. The molecule has 0 aliphatic carbocycles. The van der Waals surface area contributed by atoms with Crippen LogP contribution in [0.2, 0.25) is 0 Å². The third-order valence-electron chi connectivity index (χ3n) is 3.10. The molecule has 0 fully saturated rings. The summed E-state index contributed by atoms with van der Waals surface area (Å²) < 4.78 is 18.9. The average Bonchev–Trinajstić information content (AvgIpc) is 2.90. The number of oxazole rings is 1. The Hall–Kier alpha value is -2.95. The van der Waals surface area contributed by atoms with E-state index in [1.165, 1.54) is 12.1 Å². The lowest BCUT2D eigenvalue weighted by molar-refractivity contribution is -0.135. The molecule has 0 aliphatic rings. The van der Waals surface area contributed by atoms with E-state index in [2.05, 4.69) is 4.98 Å². The fourth-order valence-corrected chi connectivity index (χ4v) is 2.16. The zero-order valence-electron chi connectivity index (χ0n) is 11.5. The van der Waals surface area contributed by atoms with Crippen molar-refractivity contribution in [1.29, 1.82) is 0 Å². The predicted octanol–water partition coefficient (Wildman–Crippen LogP) is 3.98. The van der Waals surface area contributed by atoms with Crippen LogP contribution in [0.3, 0.4) is 0 Å². The zero-order valence-corrected chi connectivity index (χ0v) is 11.5. The lowest BCUT2D eigenvalue weighted by Gasteiger charge is -2.01. The Labute approximate surface area is 125 Å². The van der Waals surface area contributed by atoms with E-state index in [1.54, 1.807) is 30.3 Å². The van der Waals surface area contributed by atoms with Crippen LogP contribution in [-0.2, 0) is 4.79 Å². The smallest absolute Gasteiger partial charge is 0.308 e. The van der Waals surface area contributed by atoms with Crippen molar-refractivity contribution in [2.75, 3.05) is 0 Å². The summed E-state index contributed by atoms with van der Waals surface area (Å²) >= 11 is 0. The van der Waals surface area contributed by atoms with E-state index in [1.807, 2.05) is 12.1 Å². The molecule has 1 N–H and O–H groups in total. The molecule has 1 heterocycles. The van der Waals surface area contributed by atoms with E-state index in [0.717, 1.165) is 0 Å². The molecule has 0 bridgehead atoms. The van der Waals surface area contributed by atoms with Crippen LogP contribution in [0, 0.1) is 5.82 Å². The second-order valence-corrected chi connectivity index (χ2v) is 4.78. The Bertz CT molecular complexity index is 834. The maximum Gasteiger partial charge on any atom is 0.308 e. The number of hydrogen-bond donors (Lipinski definition) is 1. The number of fused-ring (bicyclic) bond motifs is 1. The second-order valence-electron chi connectivity index (χ2n) is 4.78. The molecular weight excluding hydrogens is 285 g/mol. The molecule has 22 heavy (non-hydrogen) atoms. The fraction of sp³-hybridized carbons (Fsp3) is 0.0588. The summed E-state index contributed by atoms with van der Waals surface area (Å²) in [7, 11) is 0. The van der Waals surface area contributed by atoms with Gasteiger partial charge in [-0.25, -0.2) is 9.37 Å². The highest BCUT2D eigenvalue weighted by Gasteiger charge is 2.14. The van der Waals surface area contributed by atoms with E-state index < -0.39 is 5.97 Å². The summed E-state index contributed by atoms with van der Waals surface area (Å²) in [5, 5.41) is 9.07. The van der Waals surface area contributed by atoms with E-state index in [-0.39, 0.29) is 18.1 Å². The maximum absolute atomic E-state index is 13.3. The lowest BCUT2D eigenvalue weighted by Crippen LogP contribution is -1.97. The Morgan fingerprint density at radius 2 is 2.05 bits per heavy atom. The number of carbonyl (C=O) groups is 1. The molecule has 0 saturated heterocycles. The normalized spacial score (nSPS) is 11.8. The van der Waals surface area contributed by atoms with E-state index in [4.69, 9.17) is 9.52 Å². The van der Waals surface area contributed by atoms with Crippen molar-refractivity contribution in [2.45, 2.75) is 6.42 Å². The van der Waals surface area contributed by atoms with Gasteiger partial charge in [-0.3, -0.25) is 4.79 Å². The lowest BCUT2D eigenvalue weighted by atomic mass is 10.1. The summed E-state index contributed by atoms with van der Waals surface area (Å²) in [5.74, 6) is -1.17. The number of hydrogen-bond acceptors (Lipinski definition) is 3. The Morgan fingerprint density at radius 3 is 2.77 bits per heavy atom. The van der Waals surface area contributed by atoms with Crippen molar-refractivity contribution in [2.24, 2.45) is 0 Å². The van der Waals surface area contributed by atoms with Crippen molar-refractivity contribution >= 4 is 28.7 Å². The molecule has 5 heteroatoms. The van der Waals surface area contributed by atoms with Gasteiger partial charge in [-0.1, -0.05) is 24.3 Å². The molecule has 2 aromatic carbocycles. The molecule has 110 valence electrons. The number of para-hydroxylation sites is 2. The van der Waals surface area contributed by atoms with E-state index in [9.17, 15) is 9.18 Å². The summed E-state index contributed by atoms with van der Waals surface area (Å²) in [5.41, 5.74) is 2.16. The van der Waals surface area contributed by atoms with Crippen molar-refractivity contribution in [3.8, 4) is 0 Å². The second kappa shape index (κ2) is 5.81. The molecule has 3 rings (SSSR count). The van der Waals surface area contributed by atoms with Crippen LogP contribution in [0.25, 0.3) is 22.7 Å². The highest BCUT2D eigenvalue weighted by molar-refractivity contribution is 5.90. The van der Waals surface area contributed by atoms with Crippen LogP contribution < -0.4 is 0 Å². The molecule has 0 aliphatic heterocycles. The first-order valence-corrected chi connectivity index (χ1v) is 6.66. The number of carboxylic acids is 1. The fourth-order valence-electron chi connectivity index (χ4n) is 2.16. The van der Waals surface area contributed by atoms with Gasteiger partial charge >= 0.3 is 5.97 Å². The zero-order chi connectivity index (χ0) is 15.5. The van der Waals surface area contributed by atoms with Gasteiger partial charge in [0.2, 0.25) is 5.89 Å². The van der Waals surface area contributed by atoms with Crippen LogP contribution >= 0.6 is 0 Å². The van der Waals surface area contributed by atoms with Gasteiger partial charge in [0.05, 0.1) is 6.42 Å². The molecule has 1 aromatic heterocycles. The molecular formula is C17H12FNO3. The van der Waals surface area contributed by atoms with Crippen molar-refractivity contribution in [3.63, 3.8) is 0 Å². The van der Waals surface area contributed by atoms with Gasteiger partial charge in [-0.15, -0.1) is 0 Å². The number of benzene rings is 2. The summed E-state index contributed by atoms with van der Waals surface area (Å²) in [4.78, 5) is 15.4. The van der Waals surface area contributed by atoms with Gasteiger partial charge in [-0.05, 0) is 35.9 Å². The predicted molar refractivity (Wildman–Crippen MR) is 80.5 cm³/mol. The largest absolute Gasteiger partial charge is 0.481 e. The minimum absolute atomic E-state index is 0.230. The molecule has 0 atom stereocenters.